The van der Waals surface area contributed by atoms with E-state index in [4.69, 9.17) is 14.2 Å². The molecule has 1 N–H and O–H groups in total. The zero-order chi connectivity index (χ0) is 10.2. The SMILES string of the molecule is CC1(C)OC2CC(CNC=O)OC2O1. The van der Waals surface area contributed by atoms with Gasteiger partial charge in [0.2, 0.25) is 6.41 Å². The van der Waals surface area contributed by atoms with Crippen LogP contribution in [0.3, 0.4) is 0 Å². The molecule has 0 spiro atoms. The third-order valence-electron chi connectivity index (χ3n) is 2.39. The number of amides is 1. The molecular weight excluding hydrogens is 186 g/mol. The highest BCUT2D eigenvalue weighted by Gasteiger charge is 2.48. The molecule has 0 aromatic carbocycles. The lowest BCUT2D eigenvalue weighted by Gasteiger charge is -2.20. The minimum atomic E-state index is -0.543. The molecule has 5 nitrogen and oxygen atoms in total. The average molecular weight is 201 g/mol. The van der Waals surface area contributed by atoms with Gasteiger partial charge in [-0.3, -0.25) is 4.79 Å². The molecule has 2 fully saturated rings. The smallest absolute Gasteiger partial charge is 0.207 e. The molecule has 2 rings (SSSR count). The summed E-state index contributed by atoms with van der Waals surface area (Å²) >= 11 is 0. The van der Waals surface area contributed by atoms with E-state index in [1.165, 1.54) is 0 Å². The molecule has 2 heterocycles. The molecular formula is C9H15NO4. The molecule has 3 atom stereocenters. The molecule has 2 aliphatic heterocycles. The van der Waals surface area contributed by atoms with Crippen molar-refractivity contribution in [3.63, 3.8) is 0 Å². The maximum absolute atomic E-state index is 10.1. The Labute approximate surface area is 82.7 Å². The Balaban J connectivity index is 1.84. The first kappa shape index (κ1) is 9.89. The van der Waals surface area contributed by atoms with Crippen LogP contribution in [-0.4, -0.2) is 37.2 Å². The number of hydrogen-bond donors (Lipinski definition) is 1. The molecule has 1 amide bonds. The van der Waals surface area contributed by atoms with Gasteiger partial charge in [0, 0.05) is 13.0 Å². The van der Waals surface area contributed by atoms with Crippen LogP contribution >= 0.6 is 0 Å². The molecule has 2 aliphatic rings. The summed E-state index contributed by atoms with van der Waals surface area (Å²) in [5, 5.41) is 2.58. The summed E-state index contributed by atoms with van der Waals surface area (Å²) in [6, 6.07) is 0. The molecule has 2 saturated heterocycles. The Morgan fingerprint density at radius 2 is 2.29 bits per heavy atom. The molecule has 0 aromatic heterocycles. The summed E-state index contributed by atoms with van der Waals surface area (Å²) in [4.78, 5) is 10.1. The standard InChI is InChI=1S/C9H15NO4/c1-9(2)13-7-3-6(4-10-5-11)12-8(7)14-9/h5-8H,3-4H2,1-2H3,(H,10,11). The lowest BCUT2D eigenvalue weighted by molar-refractivity contribution is -0.204. The number of carbonyl (C=O) groups is 1. The zero-order valence-electron chi connectivity index (χ0n) is 8.36. The van der Waals surface area contributed by atoms with Gasteiger partial charge in [0.1, 0.15) is 6.10 Å². The van der Waals surface area contributed by atoms with Crippen molar-refractivity contribution in [1.29, 1.82) is 0 Å². The van der Waals surface area contributed by atoms with E-state index in [-0.39, 0.29) is 18.5 Å². The predicted octanol–water partition coefficient (Wildman–Crippen LogP) is -0.00110. The lowest BCUT2D eigenvalue weighted by atomic mass is 10.2. The van der Waals surface area contributed by atoms with Crippen LogP contribution in [0.25, 0.3) is 0 Å². The maximum Gasteiger partial charge on any atom is 0.207 e. The van der Waals surface area contributed by atoms with Crippen molar-refractivity contribution >= 4 is 6.41 Å². The van der Waals surface area contributed by atoms with Gasteiger partial charge in [-0.05, 0) is 13.8 Å². The first-order valence-electron chi connectivity index (χ1n) is 4.79. The normalized spacial score (nSPS) is 39.4. The Bertz CT molecular complexity index is 215. The van der Waals surface area contributed by atoms with E-state index in [9.17, 15) is 4.79 Å². The lowest BCUT2D eigenvalue weighted by Crippen LogP contribution is -2.29. The number of fused-ring (bicyclic) bond motifs is 1. The zero-order valence-corrected chi connectivity index (χ0v) is 8.36. The van der Waals surface area contributed by atoms with Crippen molar-refractivity contribution in [1.82, 2.24) is 5.32 Å². The van der Waals surface area contributed by atoms with Crippen molar-refractivity contribution in [2.45, 2.75) is 44.6 Å². The van der Waals surface area contributed by atoms with Crippen LogP contribution in [-0.2, 0) is 19.0 Å². The molecule has 14 heavy (non-hydrogen) atoms. The molecule has 0 saturated carbocycles. The number of ether oxygens (including phenoxy) is 3. The topological polar surface area (TPSA) is 56.8 Å². The second-order valence-electron chi connectivity index (χ2n) is 4.06. The fraction of sp³-hybridized carbons (Fsp3) is 0.889. The van der Waals surface area contributed by atoms with Gasteiger partial charge >= 0.3 is 0 Å². The van der Waals surface area contributed by atoms with E-state index >= 15 is 0 Å². The molecule has 0 aliphatic carbocycles. The largest absolute Gasteiger partial charge is 0.356 e. The van der Waals surface area contributed by atoms with Crippen LogP contribution in [0.5, 0.6) is 0 Å². The molecule has 0 aromatic rings. The predicted molar refractivity (Wildman–Crippen MR) is 47.4 cm³/mol. The van der Waals surface area contributed by atoms with E-state index < -0.39 is 5.79 Å². The van der Waals surface area contributed by atoms with Gasteiger partial charge in [-0.2, -0.15) is 0 Å². The number of hydrogen-bond acceptors (Lipinski definition) is 4. The Kier molecular flexibility index (Phi) is 2.47. The number of rotatable bonds is 3. The Morgan fingerprint density at radius 3 is 2.93 bits per heavy atom. The van der Waals surface area contributed by atoms with Crippen LogP contribution in [0.1, 0.15) is 20.3 Å². The second kappa shape index (κ2) is 3.49. The number of carbonyl (C=O) groups excluding carboxylic acids is 1. The Morgan fingerprint density at radius 1 is 1.50 bits per heavy atom. The molecule has 0 bridgehead atoms. The van der Waals surface area contributed by atoms with Crippen molar-refractivity contribution in [2.75, 3.05) is 6.54 Å². The third kappa shape index (κ3) is 1.89. The highest BCUT2D eigenvalue weighted by Crippen LogP contribution is 2.36. The fourth-order valence-corrected chi connectivity index (χ4v) is 1.89. The van der Waals surface area contributed by atoms with E-state index in [0.29, 0.717) is 13.0 Å². The monoisotopic (exact) mass is 201 g/mol. The van der Waals surface area contributed by atoms with Crippen molar-refractivity contribution < 1.29 is 19.0 Å². The molecule has 0 radical (unpaired) electrons. The average Bonchev–Trinajstić information content (AvgIpc) is 2.53. The van der Waals surface area contributed by atoms with Crippen molar-refractivity contribution in [3.05, 3.63) is 0 Å². The quantitative estimate of drug-likeness (QED) is 0.653. The van der Waals surface area contributed by atoms with E-state index in [0.717, 1.165) is 6.42 Å². The minimum absolute atomic E-state index is 0.00320. The second-order valence-corrected chi connectivity index (χ2v) is 4.06. The van der Waals surface area contributed by atoms with Gasteiger partial charge in [0.25, 0.3) is 0 Å². The van der Waals surface area contributed by atoms with Gasteiger partial charge < -0.3 is 19.5 Å². The summed E-state index contributed by atoms with van der Waals surface area (Å²) < 4.78 is 16.7. The summed E-state index contributed by atoms with van der Waals surface area (Å²) in [7, 11) is 0. The Hall–Kier alpha value is -0.650. The van der Waals surface area contributed by atoms with Gasteiger partial charge in [0.15, 0.2) is 12.1 Å². The van der Waals surface area contributed by atoms with Gasteiger partial charge in [-0.25, -0.2) is 0 Å². The van der Waals surface area contributed by atoms with Crippen molar-refractivity contribution in [3.8, 4) is 0 Å². The first-order valence-corrected chi connectivity index (χ1v) is 4.79. The van der Waals surface area contributed by atoms with E-state index in [1.54, 1.807) is 0 Å². The van der Waals surface area contributed by atoms with E-state index in [2.05, 4.69) is 5.32 Å². The third-order valence-corrected chi connectivity index (χ3v) is 2.39. The summed E-state index contributed by atoms with van der Waals surface area (Å²) in [6.45, 7) is 4.25. The van der Waals surface area contributed by atoms with Gasteiger partial charge in [-0.15, -0.1) is 0 Å². The van der Waals surface area contributed by atoms with Crippen LogP contribution in [0.4, 0.5) is 0 Å². The van der Waals surface area contributed by atoms with Gasteiger partial charge in [0.05, 0.1) is 6.10 Å². The summed E-state index contributed by atoms with van der Waals surface area (Å²) in [5.74, 6) is -0.543. The van der Waals surface area contributed by atoms with Crippen molar-refractivity contribution in [2.24, 2.45) is 0 Å². The van der Waals surface area contributed by atoms with E-state index in [1.807, 2.05) is 13.8 Å². The number of nitrogens with one attached hydrogen (secondary N) is 1. The maximum atomic E-state index is 10.1. The first-order chi connectivity index (χ1) is 6.61. The van der Waals surface area contributed by atoms with Crippen LogP contribution < -0.4 is 5.32 Å². The summed E-state index contributed by atoms with van der Waals surface area (Å²) in [6.07, 6.45) is 1.18. The summed E-state index contributed by atoms with van der Waals surface area (Å²) in [5.41, 5.74) is 0. The van der Waals surface area contributed by atoms with Crippen LogP contribution in [0, 0.1) is 0 Å². The fourth-order valence-electron chi connectivity index (χ4n) is 1.89. The molecule has 80 valence electrons. The van der Waals surface area contributed by atoms with Gasteiger partial charge in [-0.1, -0.05) is 0 Å². The minimum Gasteiger partial charge on any atom is -0.356 e. The highest BCUT2D eigenvalue weighted by atomic mass is 16.8. The molecule has 5 heteroatoms. The highest BCUT2D eigenvalue weighted by molar-refractivity contribution is 5.45. The molecule has 3 unspecified atom stereocenters. The van der Waals surface area contributed by atoms with Crippen LogP contribution in [0.15, 0.2) is 0 Å². The van der Waals surface area contributed by atoms with Crippen LogP contribution in [0.2, 0.25) is 0 Å².